The molecule has 0 unspecified atom stereocenters. The van der Waals surface area contributed by atoms with Crippen LogP contribution in [0.1, 0.15) is 21.5 Å². The van der Waals surface area contributed by atoms with Gasteiger partial charge in [-0.05, 0) is 71.8 Å². The summed E-state index contributed by atoms with van der Waals surface area (Å²) in [6, 6.07) is 34.6. The highest BCUT2D eigenvalue weighted by Crippen LogP contribution is 2.18. The summed E-state index contributed by atoms with van der Waals surface area (Å²) in [7, 11) is 0. The molecule has 8 heteroatoms. The monoisotopic (exact) mass is 537 g/mol. The number of hydrogen-bond acceptors (Lipinski definition) is 5. The fourth-order valence-corrected chi connectivity index (χ4v) is 3.67. The van der Waals surface area contributed by atoms with Crippen molar-refractivity contribution in [2.24, 2.45) is 0 Å². The molecule has 0 aliphatic rings. The van der Waals surface area contributed by atoms with Crippen LogP contribution in [-0.4, -0.2) is 17.7 Å². The van der Waals surface area contributed by atoms with Crippen molar-refractivity contribution in [1.29, 1.82) is 10.5 Å². The number of anilines is 3. The van der Waals surface area contributed by atoms with Crippen molar-refractivity contribution in [3.05, 3.63) is 137 Å². The van der Waals surface area contributed by atoms with Crippen LogP contribution in [0.25, 0.3) is 12.2 Å². The van der Waals surface area contributed by atoms with Gasteiger partial charge in [0.2, 0.25) is 0 Å². The number of rotatable bonds is 8. The fraction of sp³-hybridized carbons (Fsp3) is 0. The Morgan fingerprint density at radius 1 is 0.512 bits per heavy atom. The maximum Gasteiger partial charge on any atom is 0.266 e. The van der Waals surface area contributed by atoms with E-state index < -0.39 is 11.8 Å². The minimum Gasteiger partial charge on any atom is -0.322 e. The van der Waals surface area contributed by atoms with Gasteiger partial charge in [0, 0.05) is 22.6 Å². The Labute approximate surface area is 236 Å². The molecule has 4 rings (SSSR count). The molecule has 4 aromatic rings. The molecule has 0 heterocycles. The lowest BCUT2D eigenvalue weighted by Crippen LogP contribution is -2.15. The molecule has 0 aliphatic heterocycles. The van der Waals surface area contributed by atoms with Gasteiger partial charge in [-0.15, -0.1) is 0 Å². The average Bonchev–Trinajstić information content (AvgIpc) is 3.00. The molecule has 0 aromatic heterocycles. The predicted octanol–water partition coefficient (Wildman–Crippen LogP) is 6.03. The Balaban J connectivity index is 1.33. The first-order valence-corrected chi connectivity index (χ1v) is 12.4. The van der Waals surface area contributed by atoms with E-state index in [0.29, 0.717) is 22.6 Å². The number of amides is 3. The van der Waals surface area contributed by atoms with Gasteiger partial charge in [-0.3, -0.25) is 14.4 Å². The summed E-state index contributed by atoms with van der Waals surface area (Å²) in [6.45, 7) is 0. The lowest BCUT2D eigenvalue weighted by molar-refractivity contribution is -0.113. The van der Waals surface area contributed by atoms with Crippen molar-refractivity contribution in [3.63, 3.8) is 0 Å². The second-order valence-corrected chi connectivity index (χ2v) is 8.68. The maximum atomic E-state index is 12.7. The van der Waals surface area contributed by atoms with Crippen LogP contribution in [0.3, 0.4) is 0 Å². The van der Waals surface area contributed by atoms with Crippen LogP contribution in [0.4, 0.5) is 17.1 Å². The van der Waals surface area contributed by atoms with Crippen LogP contribution >= 0.6 is 0 Å². The van der Waals surface area contributed by atoms with E-state index in [1.165, 1.54) is 12.2 Å². The third kappa shape index (κ3) is 7.87. The van der Waals surface area contributed by atoms with E-state index in [2.05, 4.69) is 16.0 Å². The van der Waals surface area contributed by atoms with Crippen molar-refractivity contribution in [2.45, 2.75) is 0 Å². The molecule has 3 amide bonds. The summed E-state index contributed by atoms with van der Waals surface area (Å²) in [5.74, 6) is -1.48. The van der Waals surface area contributed by atoms with Crippen LogP contribution in [0.15, 0.2) is 120 Å². The fourth-order valence-electron chi connectivity index (χ4n) is 3.67. The zero-order valence-electron chi connectivity index (χ0n) is 21.7. The molecule has 0 spiro atoms. The van der Waals surface area contributed by atoms with Gasteiger partial charge in [0.05, 0.1) is 0 Å². The summed E-state index contributed by atoms with van der Waals surface area (Å²) in [5, 5.41) is 26.8. The van der Waals surface area contributed by atoms with Gasteiger partial charge < -0.3 is 16.0 Å². The standard InChI is InChI=1S/C33H23N5O3/c34-21-26(19-23-7-3-1-4-8-23)32(40)37-28-13-11-25(12-14-28)31(39)36-29-15-17-30(18-16-29)38-33(41)27(22-35)20-24-9-5-2-6-10-24/h1-20H,(H,36,39)(H,37,40)(H,38,41)/b26-19-,27-20-. The third-order valence-corrected chi connectivity index (χ3v) is 5.76. The van der Waals surface area contributed by atoms with Crippen molar-refractivity contribution in [3.8, 4) is 12.1 Å². The molecule has 0 bridgehead atoms. The summed E-state index contributed by atoms with van der Waals surface area (Å²) >= 11 is 0. The Bertz CT molecular complexity index is 1700. The number of nitriles is 2. The second-order valence-electron chi connectivity index (χ2n) is 8.68. The van der Waals surface area contributed by atoms with E-state index in [0.717, 1.165) is 11.1 Å². The predicted molar refractivity (Wildman–Crippen MR) is 158 cm³/mol. The molecule has 0 saturated carbocycles. The summed E-state index contributed by atoms with van der Waals surface area (Å²) in [6.07, 6.45) is 3.00. The Hall–Kier alpha value is -6.25. The number of carbonyl (C=O) groups is 3. The van der Waals surface area contributed by atoms with Crippen LogP contribution in [0.2, 0.25) is 0 Å². The van der Waals surface area contributed by atoms with Crippen molar-refractivity contribution in [1.82, 2.24) is 0 Å². The van der Waals surface area contributed by atoms with Crippen LogP contribution in [0.5, 0.6) is 0 Å². The van der Waals surface area contributed by atoms with Gasteiger partial charge in [-0.25, -0.2) is 0 Å². The highest BCUT2D eigenvalue weighted by Gasteiger charge is 2.12. The van der Waals surface area contributed by atoms with Gasteiger partial charge in [-0.1, -0.05) is 60.7 Å². The van der Waals surface area contributed by atoms with Gasteiger partial charge in [-0.2, -0.15) is 10.5 Å². The Morgan fingerprint density at radius 3 is 1.27 bits per heavy atom. The zero-order chi connectivity index (χ0) is 29.0. The Kier molecular flexibility index (Phi) is 9.16. The maximum absolute atomic E-state index is 12.7. The second kappa shape index (κ2) is 13.5. The molecule has 0 aliphatic carbocycles. The summed E-state index contributed by atoms with van der Waals surface area (Å²) < 4.78 is 0. The molecular formula is C33H23N5O3. The van der Waals surface area contributed by atoms with Crippen molar-refractivity contribution in [2.75, 3.05) is 16.0 Å². The molecule has 0 radical (unpaired) electrons. The van der Waals surface area contributed by atoms with Crippen molar-refractivity contribution < 1.29 is 14.4 Å². The molecule has 3 N–H and O–H groups in total. The van der Waals surface area contributed by atoms with E-state index in [1.54, 1.807) is 72.8 Å². The zero-order valence-corrected chi connectivity index (χ0v) is 21.7. The van der Waals surface area contributed by atoms with Crippen molar-refractivity contribution >= 4 is 46.9 Å². The minimum absolute atomic E-state index is 0.0377. The lowest BCUT2D eigenvalue weighted by Gasteiger charge is -2.09. The SMILES string of the molecule is N#C/C(=C/c1ccccc1)C(=O)Nc1ccc(NC(=O)c2ccc(NC(=O)/C(C#N)=C\c3ccccc3)cc2)cc1. The molecule has 0 saturated heterocycles. The summed E-state index contributed by atoms with van der Waals surface area (Å²) in [5.41, 5.74) is 3.12. The van der Waals surface area contributed by atoms with Crippen LogP contribution in [-0.2, 0) is 9.59 Å². The van der Waals surface area contributed by atoms with E-state index in [4.69, 9.17) is 0 Å². The average molecular weight is 538 g/mol. The van der Waals surface area contributed by atoms with Gasteiger partial charge in [0.1, 0.15) is 23.3 Å². The number of benzene rings is 4. The first-order chi connectivity index (χ1) is 19.9. The first-order valence-electron chi connectivity index (χ1n) is 12.4. The number of nitrogens with zero attached hydrogens (tertiary/aromatic N) is 2. The molecule has 8 nitrogen and oxygen atoms in total. The molecule has 198 valence electrons. The number of carbonyl (C=O) groups excluding carboxylic acids is 3. The quantitative estimate of drug-likeness (QED) is 0.186. The van der Waals surface area contributed by atoms with Crippen LogP contribution < -0.4 is 16.0 Å². The number of nitrogens with one attached hydrogen (secondary N) is 3. The van der Waals surface area contributed by atoms with Gasteiger partial charge in [0.15, 0.2) is 0 Å². The van der Waals surface area contributed by atoms with E-state index in [9.17, 15) is 24.9 Å². The van der Waals surface area contributed by atoms with Crippen LogP contribution in [0, 0.1) is 22.7 Å². The highest BCUT2D eigenvalue weighted by atomic mass is 16.2. The van der Waals surface area contributed by atoms with E-state index >= 15 is 0 Å². The van der Waals surface area contributed by atoms with Gasteiger partial charge >= 0.3 is 0 Å². The number of hydrogen-bond donors (Lipinski definition) is 3. The van der Waals surface area contributed by atoms with E-state index in [-0.39, 0.29) is 17.1 Å². The minimum atomic E-state index is -0.557. The summed E-state index contributed by atoms with van der Waals surface area (Å²) in [4.78, 5) is 37.7. The molecule has 4 aromatic carbocycles. The topological polar surface area (TPSA) is 135 Å². The molecular weight excluding hydrogens is 514 g/mol. The third-order valence-electron chi connectivity index (χ3n) is 5.76. The van der Waals surface area contributed by atoms with E-state index in [1.807, 2.05) is 48.5 Å². The smallest absolute Gasteiger partial charge is 0.266 e. The lowest BCUT2D eigenvalue weighted by atomic mass is 10.1. The normalized spacial score (nSPS) is 11.0. The van der Waals surface area contributed by atoms with Gasteiger partial charge in [0.25, 0.3) is 17.7 Å². The first kappa shape index (κ1) is 27.8. The molecule has 0 atom stereocenters. The highest BCUT2D eigenvalue weighted by molar-refractivity contribution is 6.11. The Morgan fingerprint density at radius 2 is 0.878 bits per heavy atom. The molecule has 0 fully saturated rings. The largest absolute Gasteiger partial charge is 0.322 e. The molecule has 41 heavy (non-hydrogen) atoms.